The van der Waals surface area contributed by atoms with Crippen molar-refractivity contribution in [2.45, 2.75) is 13.8 Å². The predicted molar refractivity (Wildman–Crippen MR) is 136 cm³/mol. The van der Waals surface area contributed by atoms with E-state index in [9.17, 15) is 14.4 Å². The molecule has 3 N–H and O–H groups in total. The van der Waals surface area contributed by atoms with Gasteiger partial charge < -0.3 is 15.6 Å². The van der Waals surface area contributed by atoms with E-state index in [1.54, 1.807) is 42.8 Å². The highest BCUT2D eigenvalue weighted by Gasteiger charge is 2.17. The normalized spacial score (nSPS) is 11.1. The third-order valence-electron chi connectivity index (χ3n) is 5.98. The van der Waals surface area contributed by atoms with Gasteiger partial charge in [-0.15, -0.1) is 0 Å². The van der Waals surface area contributed by atoms with Gasteiger partial charge in [-0.1, -0.05) is 30.3 Å². The summed E-state index contributed by atoms with van der Waals surface area (Å²) in [6.45, 7) is 3.57. The molecular weight excluding hydrogens is 458 g/mol. The lowest BCUT2D eigenvalue weighted by molar-refractivity contribution is 0.0996. The zero-order chi connectivity index (χ0) is 25.6. The Morgan fingerprint density at radius 1 is 0.972 bits per heavy atom. The monoisotopic (exact) mass is 481 g/mol. The van der Waals surface area contributed by atoms with Crippen molar-refractivity contribution in [2.24, 2.45) is 12.8 Å². The van der Waals surface area contributed by atoms with Crippen molar-refractivity contribution in [1.29, 1.82) is 0 Å². The number of amides is 2. The van der Waals surface area contributed by atoms with Crippen molar-refractivity contribution in [3.8, 4) is 22.3 Å². The number of rotatable bonds is 5. The van der Waals surface area contributed by atoms with Crippen molar-refractivity contribution in [1.82, 2.24) is 14.4 Å². The zero-order valence-corrected chi connectivity index (χ0v) is 19.9. The van der Waals surface area contributed by atoms with E-state index in [0.29, 0.717) is 39.3 Å². The molecule has 0 unspecified atom stereocenters. The first-order chi connectivity index (χ1) is 17.2. The van der Waals surface area contributed by atoms with Crippen LogP contribution in [0.15, 0.2) is 76.2 Å². The van der Waals surface area contributed by atoms with Gasteiger partial charge in [-0.2, -0.15) is 9.84 Å². The molecule has 5 rings (SSSR count). The Balaban J connectivity index is 1.49. The Bertz CT molecular complexity index is 1710. The average Bonchev–Trinajstić information content (AvgIpc) is 3.38. The number of hydrogen-bond donors (Lipinski definition) is 2. The van der Waals surface area contributed by atoms with Crippen molar-refractivity contribution in [3.05, 3.63) is 99.8 Å². The quantitative estimate of drug-likeness (QED) is 0.394. The molecule has 0 bridgehead atoms. The van der Waals surface area contributed by atoms with E-state index in [-0.39, 0.29) is 11.5 Å². The first-order valence-corrected chi connectivity index (χ1v) is 11.2. The van der Waals surface area contributed by atoms with Crippen molar-refractivity contribution < 1.29 is 14.1 Å². The summed E-state index contributed by atoms with van der Waals surface area (Å²) < 4.78 is 8.28. The fraction of sp³-hybridized carbons (Fsp3) is 0.111. The average molecular weight is 482 g/mol. The maximum atomic E-state index is 13.2. The smallest absolute Gasteiger partial charge is 0.290 e. The lowest BCUT2D eigenvalue weighted by Gasteiger charge is -2.08. The lowest BCUT2D eigenvalue weighted by Crippen LogP contribution is -2.15. The predicted octanol–water partition coefficient (Wildman–Crippen LogP) is 3.93. The van der Waals surface area contributed by atoms with Crippen LogP contribution in [0.1, 0.15) is 32.2 Å². The Kier molecular flexibility index (Phi) is 5.52. The fourth-order valence-electron chi connectivity index (χ4n) is 4.26. The number of nitrogens with one attached hydrogen (secondary N) is 1. The molecule has 0 saturated heterocycles. The van der Waals surface area contributed by atoms with Crippen LogP contribution >= 0.6 is 0 Å². The number of aryl methyl sites for hydroxylation is 3. The standard InChI is InChI=1S/C27H23N5O4/c1-15-11-22(26(34)29-21-6-4-5-19(12-21)25(28)33)23-13-20(14-32(23)30-15)17-7-9-18(10-8-17)24-16(2)36-31(3)27(24)35/h4-14H,1-3H3,(H2,28,33)(H,29,34). The molecule has 2 aromatic carbocycles. The lowest BCUT2D eigenvalue weighted by atomic mass is 10.0. The highest BCUT2D eigenvalue weighted by atomic mass is 16.5. The maximum Gasteiger partial charge on any atom is 0.290 e. The van der Waals surface area contributed by atoms with Crippen molar-refractivity contribution in [3.63, 3.8) is 0 Å². The molecule has 5 aromatic rings. The van der Waals surface area contributed by atoms with E-state index in [1.807, 2.05) is 43.5 Å². The van der Waals surface area contributed by atoms with Gasteiger partial charge in [-0.3, -0.25) is 14.4 Å². The molecule has 0 aliphatic rings. The molecule has 2 amide bonds. The summed E-state index contributed by atoms with van der Waals surface area (Å²) in [6.07, 6.45) is 1.85. The summed E-state index contributed by atoms with van der Waals surface area (Å²) >= 11 is 0. The van der Waals surface area contributed by atoms with Gasteiger partial charge in [-0.25, -0.2) is 4.52 Å². The molecule has 9 heteroatoms. The third-order valence-corrected chi connectivity index (χ3v) is 5.98. The van der Waals surface area contributed by atoms with Crippen LogP contribution in [0.3, 0.4) is 0 Å². The number of fused-ring (bicyclic) bond motifs is 1. The van der Waals surface area contributed by atoms with E-state index >= 15 is 0 Å². The molecule has 36 heavy (non-hydrogen) atoms. The van der Waals surface area contributed by atoms with Crippen LogP contribution in [-0.2, 0) is 7.05 Å². The first kappa shape index (κ1) is 22.9. The van der Waals surface area contributed by atoms with Gasteiger partial charge in [-0.05, 0) is 55.3 Å². The summed E-state index contributed by atoms with van der Waals surface area (Å²) in [5.41, 5.74) is 10.7. The summed E-state index contributed by atoms with van der Waals surface area (Å²) in [6, 6.07) is 17.6. The summed E-state index contributed by atoms with van der Waals surface area (Å²) in [7, 11) is 1.58. The van der Waals surface area contributed by atoms with E-state index < -0.39 is 5.91 Å². The number of hydrogen-bond acceptors (Lipinski definition) is 5. The van der Waals surface area contributed by atoms with Crippen LogP contribution in [0.2, 0.25) is 0 Å². The van der Waals surface area contributed by atoms with Crippen LogP contribution in [0, 0.1) is 13.8 Å². The molecule has 0 fully saturated rings. The van der Waals surface area contributed by atoms with Gasteiger partial charge in [0.05, 0.1) is 22.3 Å². The minimum atomic E-state index is -0.571. The molecule has 3 heterocycles. The van der Waals surface area contributed by atoms with E-state index in [1.165, 1.54) is 10.8 Å². The van der Waals surface area contributed by atoms with E-state index in [0.717, 1.165) is 16.7 Å². The number of anilines is 1. The van der Waals surface area contributed by atoms with Gasteiger partial charge in [0.25, 0.3) is 11.5 Å². The summed E-state index contributed by atoms with van der Waals surface area (Å²) in [5, 5.41) is 7.35. The van der Waals surface area contributed by atoms with Gasteiger partial charge >= 0.3 is 0 Å². The van der Waals surface area contributed by atoms with Crippen LogP contribution in [-0.4, -0.2) is 26.2 Å². The van der Waals surface area contributed by atoms with Crippen LogP contribution in [0.4, 0.5) is 5.69 Å². The van der Waals surface area contributed by atoms with Gasteiger partial charge in [0.15, 0.2) is 0 Å². The SMILES string of the molecule is Cc1cc(C(=O)Nc2cccc(C(N)=O)c2)c2cc(-c3ccc(-c4c(C)on(C)c4=O)cc3)cn2n1. The second-order valence-corrected chi connectivity index (χ2v) is 8.56. The molecule has 0 aliphatic heterocycles. The maximum absolute atomic E-state index is 13.2. The molecule has 0 spiro atoms. The zero-order valence-electron chi connectivity index (χ0n) is 19.9. The Hall–Kier alpha value is -4.92. The van der Waals surface area contributed by atoms with Crippen molar-refractivity contribution >= 4 is 23.0 Å². The van der Waals surface area contributed by atoms with Gasteiger partial charge in [0.2, 0.25) is 5.91 Å². The van der Waals surface area contributed by atoms with Crippen LogP contribution < -0.4 is 16.6 Å². The van der Waals surface area contributed by atoms with Gasteiger partial charge in [0, 0.05) is 30.1 Å². The highest BCUT2D eigenvalue weighted by Crippen LogP contribution is 2.28. The van der Waals surface area contributed by atoms with Crippen LogP contribution in [0.25, 0.3) is 27.8 Å². The minimum absolute atomic E-state index is 0.188. The Labute approximate surface area is 205 Å². The topological polar surface area (TPSA) is 125 Å². The molecule has 0 aliphatic carbocycles. The number of benzene rings is 2. The summed E-state index contributed by atoms with van der Waals surface area (Å²) in [4.78, 5) is 37.0. The first-order valence-electron chi connectivity index (χ1n) is 11.2. The van der Waals surface area contributed by atoms with E-state index in [2.05, 4.69) is 10.4 Å². The number of primary amides is 1. The third kappa shape index (κ3) is 4.07. The number of nitrogens with two attached hydrogens (primary N) is 1. The Morgan fingerprint density at radius 3 is 2.36 bits per heavy atom. The molecule has 3 aromatic heterocycles. The van der Waals surface area contributed by atoms with Crippen molar-refractivity contribution in [2.75, 3.05) is 5.32 Å². The second kappa shape index (κ2) is 8.70. The molecule has 0 radical (unpaired) electrons. The molecular formula is C27H23N5O4. The van der Waals surface area contributed by atoms with Crippen LogP contribution in [0.5, 0.6) is 0 Å². The number of carbonyl (C=O) groups excluding carboxylic acids is 2. The van der Waals surface area contributed by atoms with Gasteiger partial charge in [0.1, 0.15) is 5.76 Å². The molecule has 0 saturated carbocycles. The Morgan fingerprint density at radius 2 is 1.69 bits per heavy atom. The highest BCUT2D eigenvalue weighted by molar-refractivity contribution is 6.09. The number of nitrogens with zero attached hydrogens (tertiary/aromatic N) is 3. The second-order valence-electron chi connectivity index (χ2n) is 8.56. The molecule has 0 atom stereocenters. The molecule has 180 valence electrons. The summed E-state index contributed by atoms with van der Waals surface area (Å²) in [5.74, 6) is -0.348. The number of carbonyl (C=O) groups is 2. The fourth-order valence-corrected chi connectivity index (χ4v) is 4.26. The molecule has 9 nitrogen and oxygen atoms in total. The minimum Gasteiger partial charge on any atom is -0.381 e. The van der Waals surface area contributed by atoms with E-state index in [4.69, 9.17) is 10.3 Å². The largest absolute Gasteiger partial charge is 0.381 e. The number of aromatic nitrogens is 3.